The fourth-order valence-electron chi connectivity index (χ4n) is 3.65. The van der Waals surface area contributed by atoms with Crippen LogP contribution in [0.4, 0.5) is 0 Å². The molecule has 0 unspecified atom stereocenters. The third-order valence-corrected chi connectivity index (χ3v) is 7.33. The van der Waals surface area contributed by atoms with E-state index in [1.54, 1.807) is 41.7 Å². The van der Waals surface area contributed by atoms with Crippen molar-refractivity contribution in [2.45, 2.75) is 6.92 Å². The number of rotatable bonds is 4. The van der Waals surface area contributed by atoms with E-state index in [-0.39, 0.29) is 5.78 Å². The molecular weight excluding hydrogens is 514 g/mol. The van der Waals surface area contributed by atoms with Crippen molar-refractivity contribution in [1.29, 1.82) is 0 Å². The zero-order chi connectivity index (χ0) is 21.8. The van der Waals surface area contributed by atoms with Crippen molar-refractivity contribution in [2.24, 2.45) is 0 Å². The predicted molar refractivity (Wildman–Crippen MR) is 125 cm³/mol. The monoisotopic (exact) mass is 527 g/mol. The SMILES string of the molecule is Cc1nc2sccn2c1-c1nc(-c2ccc(Br)o2)c(C(=O)c2ccc3c(c2)OCCO3)s1. The third-order valence-electron chi connectivity index (χ3n) is 5.08. The molecule has 0 radical (unpaired) electrons. The average molecular weight is 528 g/mol. The maximum absolute atomic E-state index is 13.6. The Bertz CT molecular complexity index is 1500. The van der Waals surface area contributed by atoms with Gasteiger partial charge in [-0.2, -0.15) is 0 Å². The highest BCUT2D eigenvalue weighted by Gasteiger charge is 2.27. The zero-order valence-electron chi connectivity index (χ0n) is 16.6. The number of fused-ring (bicyclic) bond motifs is 2. The normalized spacial score (nSPS) is 13.1. The highest BCUT2D eigenvalue weighted by molar-refractivity contribution is 9.10. The fraction of sp³-hybridized carbons (Fsp3) is 0.136. The Balaban J connectivity index is 1.51. The number of carbonyl (C=O) groups is 1. The highest BCUT2D eigenvalue weighted by atomic mass is 79.9. The molecule has 7 nitrogen and oxygen atoms in total. The number of ketones is 1. The smallest absolute Gasteiger partial charge is 0.205 e. The van der Waals surface area contributed by atoms with Crippen molar-refractivity contribution in [2.75, 3.05) is 13.2 Å². The van der Waals surface area contributed by atoms with Gasteiger partial charge < -0.3 is 13.9 Å². The summed E-state index contributed by atoms with van der Waals surface area (Å²) in [5.41, 5.74) is 2.73. The number of aromatic nitrogens is 3. The molecule has 0 fully saturated rings. The quantitative estimate of drug-likeness (QED) is 0.272. The van der Waals surface area contributed by atoms with Crippen molar-refractivity contribution >= 4 is 49.3 Å². The molecule has 0 bridgehead atoms. The Morgan fingerprint density at radius 3 is 2.78 bits per heavy atom. The molecule has 0 N–H and O–H groups in total. The number of ether oxygens (including phenoxy) is 2. The molecule has 10 heteroatoms. The first kappa shape index (κ1) is 19.7. The molecule has 0 amide bonds. The molecule has 0 atom stereocenters. The molecule has 1 aliphatic heterocycles. The van der Waals surface area contributed by atoms with E-state index in [0.717, 1.165) is 16.3 Å². The van der Waals surface area contributed by atoms with Crippen molar-refractivity contribution in [1.82, 2.24) is 14.4 Å². The number of thiazole rings is 2. The van der Waals surface area contributed by atoms with Gasteiger partial charge in [0.1, 0.15) is 34.5 Å². The van der Waals surface area contributed by atoms with Crippen LogP contribution < -0.4 is 9.47 Å². The Hall–Kier alpha value is -2.95. The van der Waals surface area contributed by atoms with Gasteiger partial charge in [0.15, 0.2) is 26.9 Å². The van der Waals surface area contributed by atoms with Crippen molar-refractivity contribution in [3.63, 3.8) is 0 Å². The first-order valence-electron chi connectivity index (χ1n) is 9.72. The molecule has 1 aliphatic rings. The van der Waals surface area contributed by atoms with Gasteiger partial charge in [-0.3, -0.25) is 9.20 Å². The lowest BCUT2D eigenvalue weighted by Gasteiger charge is -2.18. The molecule has 5 aromatic rings. The number of furan rings is 1. The molecule has 0 saturated heterocycles. The summed E-state index contributed by atoms with van der Waals surface area (Å²) < 4.78 is 19.6. The second kappa shape index (κ2) is 7.58. The Morgan fingerprint density at radius 1 is 1.12 bits per heavy atom. The van der Waals surface area contributed by atoms with E-state index in [0.29, 0.717) is 56.3 Å². The minimum absolute atomic E-state index is 0.156. The number of imidazole rings is 1. The molecule has 4 aromatic heterocycles. The van der Waals surface area contributed by atoms with Gasteiger partial charge in [0, 0.05) is 17.1 Å². The number of hydrogen-bond donors (Lipinski definition) is 0. The molecule has 0 saturated carbocycles. The summed E-state index contributed by atoms with van der Waals surface area (Å²) in [6, 6.07) is 8.82. The molecular formula is C22H14BrN3O4S2. The van der Waals surface area contributed by atoms with E-state index < -0.39 is 0 Å². The summed E-state index contributed by atoms with van der Waals surface area (Å²) in [5.74, 6) is 1.57. The topological polar surface area (TPSA) is 78.9 Å². The van der Waals surface area contributed by atoms with Crippen LogP contribution in [-0.4, -0.2) is 33.4 Å². The van der Waals surface area contributed by atoms with E-state index >= 15 is 0 Å². The van der Waals surface area contributed by atoms with Gasteiger partial charge in [-0.1, -0.05) is 0 Å². The number of benzene rings is 1. The van der Waals surface area contributed by atoms with E-state index in [9.17, 15) is 4.79 Å². The minimum Gasteiger partial charge on any atom is -0.486 e. The lowest BCUT2D eigenvalue weighted by atomic mass is 10.1. The third kappa shape index (κ3) is 3.17. The molecule has 5 heterocycles. The molecule has 160 valence electrons. The summed E-state index contributed by atoms with van der Waals surface area (Å²) in [4.78, 5) is 24.4. The largest absolute Gasteiger partial charge is 0.486 e. The van der Waals surface area contributed by atoms with E-state index in [2.05, 4.69) is 20.9 Å². The summed E-state index contributed by atoms with van der Waals surface area (Å²) in [7, 11) is 0. The molecule has 6 rings (SSSR count). The van der Waals surface area contributed by atoms with Crippen LogP contribution in [0.3, 0.4) is 0 Å². The summed E-state index contributed by atoms with van der Waals surface area (Å²) >= 11 is 6.23. The molecule has 32 heavy (non-hydrogen) atoms. The summed E-state index contributed by atoms with van der Waals surface area (Å²) in [6.07, 6.45) is 1.96. The van der Waals surface area contributed by atoms with Crippen LogP contribution in [0.5, 0.6) is 11.5 Å². The number of nitrogens with zero attached hydrogens (tertiary/aromatic N) is 3. The highest BCUT2D eigenvalue weighted by Crippen LogP contribution is 2.39. The summed E-state index contributed by atoms with van der Waals surface area (Å²) in [5, 5.41) is 2.68. The second-order valence-corrected chi connectivity index (χ2v) is 9.74. The number of carbonyl (C=O) groups excluding carboxylic acids is 1. The van der Waals surface area contributed by atoms with Crippen molar-refractivity contribution in [3.05, 3.63) is 62.7 Å². The predicted octanol–water partition coefficient (Wildman–Crippen LogP) is 5.85. The summed E-state index contributed by atoms with van der Waals surface area (Å²) in [6.45, 7) is 2.90. The lowest BCUT2D eigenvalue weighted by Crippen LogP contribution is -2.15. The van der Waals surface area contributed by atoms with Gasteiger partial charge in [-0.25, -0.2) is 9.97 Å². The lowest BCUT2D eigenvalue weighted by molar-refractivity contribution is 0.104. The second-order valence-electron chi connectivity index (χ2n) is 7.09. The number of halogens is 1. The van der Waals surface area contributed by atoms with Crippen molar-refractivity contribution in [3.8, 4) is 33.7 Å². The van der Waals surface area contributed by atoms with Crippen LogP contribution in [0.1, 0.15) is 20.9 Å². The fourth-order valence-corrected chi connectivity index (χ4v) is 5.84. The van der Waals surface area contributed by atoms with Crippen LogP contribution >= 0.6 is 38.6 Å². The standard InChI is InChI=1S/C22H14BrN3O4S2/c1-11-18(26-6-9-31-22(26)24-11)21-25-17(14-4-5-16(23)30-14)20(32-21)19(27)12-2-3-13-15(10-12)29-8-7-28-13/h2-6,9-10H,7-8H2,1H3. The zero-order valence-corrected chi connectivity index (χ0v) is 19.8. The first-order valence-corrected chi connectivity index (χ1v) is 12.2. The van der Waals surface area contributed by atoms with Crippen LogP contribution in [-0.2, 0) is 0 Å². The van der Waals surface area contributed by atoms with E-state index in [1.165, 1.54) is 11.3 Å². The first-order chi connectivity index (χ1) is 15.6. The average Bonchev–Trinajstić information content (AvgIpc) is 3.57. The Labute approximate surface area is 198 Å². The minimum atomic E-state index is -0.156. The van der Waals surface area contributed by atoms with Crippen LogP contribution in [0, 0.1) is 6.92 Å². The van der Waals surface area contributed by atoms with Crippen LogP contribution in [0.25, 0.3) is 27.1 Å². The Kier molecular flexibility index (Phi) is 4.67. The van der Waals surface area contributed by atoms with Crippen molar-refractivity contribution < 1.29 is 18.7 Å². The van der Waals surface area contributed by atoms with Gasteiger partial charge in [0.25, 0.3) is 0 Å². The van der Waals surface area contributed by atoms with Gasteiger partial charge in [-0.15, -0.1) is 22.7 Å². The maximum atomic E-state index is 13.6. The van der Waals surface area contributed by atoms with Crippen LogP contribution in [0.2, 0.25) is 0 Å². The number of aryl methyl sites for hydroxylation is 1. The van der Waals surface area contributed by atoms with E-state index in [4.69, 9.17) is 18.9 Å². The van der Waals surface area contributed by atoms with Crippen LogP contribution in [0.15, 0.2) is 51.0 Å². The Morgan fingerprint density at radius 2 is 1.97 bits per heavy atom. The van der Waals surface area contributed by atoms with Gasteiger partial charge in [0.05, 0.1) is 5.69 Å². The number of hydrogen-bond acceptors (Lipinski definition) is 8. The van der Waals surface area contributed by atoms with E-state index in [1.807, 2.05) is 22.9 Å². The van der Waals surface area contributed by atoms with Gasteiger partial charge >= 0.3 is 0 Å². The molecule has 0 spiro atoms. The van der Waals surface area contributed by atoms with Gasteiger partial charge in [0.2, 0.25) is 5.78 Å². The molecule has 0 aliphatic carbocycles. The maximum Gasteiger partial charge on any atom is 0.205 e. The van der Waals surface area contributed by atoms with Gasteiger partial charge in [-0.05, 0) is 53.2 Å². The molecule has 1 aromatic carbocycles.